The van der Waals surface area contributed by atoms with E-state index in [0.29, 0.717) is 22.8 Å². The van der Waals surface area contributed by atoms with Crippen LogP contribution in [0.3, 0.4) is 0 Å². The van der Waals surface area contributed by atoms with Gasteiger partial charge in [-0.2, -0.15) is 5.10 Å². The molecule has 0 saturated carbocycles. The van der Waals surface area contributed by atoms with Crippen LogP contribution in [0.2, 0.25) is 0 Å². The van der Waals surface area contributed by atoms with Crippen molar-refractivity contribution in [2.45, 2.75) is 20.5 Å². The third kappa shape index (κ3) is 3.96. The Kier molecular flexibility index (Phi) is 5.34. The molecule has 2 aromatic carbocycles. The number of benzene rings is 2. The third-order valence-corrected chi connectivity index (χ3v) is 4.64. The molecule has 0 aliphatic carbocycles. The van der Waals surface area contributed by atoms with Gasteiger partial charge in [-0.15, -0.1) is 0 Å². The fourth-order valence-corrected chi connectivity index (χ4v) is 3.21. The predicted octanol–water partition coefficient (Wildman–Crippen LogP) is 4.51. The van der Waals surface area contributed by atoms with E-state index in [1.807, 2.05) is 61.0 Å². The van der Waals surface area contributed by atoms with Crippen molar-refractivity contribution in [1.29, 1.82) is 0 Å². The minimum absolute atomic E-state index is 0.0137. The molecular weight excluding hydrogens is 382 g/mol. The average Bonchev–Trinajstić information content (AvgIpc) is 3.38. The van der Waals surface area contributed by atoms with E-state index in [-0.39, 0.29) is 6.61 Å². The topological polar surface area (TPSA) is 79.4 Å². The minimum Gasteiger partial charge on any atom is -0.496 e. The first-order valence-corrected chi connectivity index (χ1v) is 9.45. The van der Waals surface area contributed by atoms with Crippen LogP contribution in [-0.2, 0) is 11.3 Å². The second-order valence-corrected chi connectivity index (χ2v) is 6.84. The van der Waals surface area contributed by atoms with E-state index in [1.165, 1.54) is 0 Å². The Morgan fingerprint density at radius 1 is 1.07 bits per heavy atom. The number of hydrogen-bond donors (Lipinski definition) is 0. The van der Waals surface area contributed by atoms with Gasteiger partial charge in [-0.05, 0) is 56.3 Å². The van der Waals surface area contributed by atoms with Crippen LogP contribution in [0.4, 0.5) is 0 Å². The lowest BCUT2D eigenvalue weighted by Crippen LogP contribution is -2.06. The lowest BCUT2D eigenvalue weighted by Gasteiger charge is -2.06. The van der Waals surface area contributed by atoms with Gasteiger partial charge >= 0.3 is 5.97 Å². The Morgan fingerprint density at radius 2 is 1.83 bits per heavy atom. The molecule has 0 atom stereocenters. The van der Waals surface area contributed by atoms with Crippen molar-refractivity contribution in [1.82, 2.24) is 14.9 Å². The number of hydrogen-bond acceptors (Lipinski definition) is 6. The Morgan fingerprint density at radius 3 is 2.53 bits per heavy atom. The Balaban J connectivity index is 1.42. The molecule has 0 amide bonds. The number of rotatable bonds is 6. The predicted molar refractivity (Wildman–Crippen MR) is 111 cm³/mol. The third-order valence-electron chi connectivity index (χ3n) is 4.64. The summed E-state index contributed by atoms with van der Waals surface area (Å²) in [4.78, 5) is 12.4. The van der Waals surface area contributed by atoms with Gasteiger partial charge < -0.3 is 14.0 Å². The normalized spacial score (nSPS) is 10.8. The first-order valence-electron chi connectivity index (χ1n) is 9.45. The first kappa shape index (κ1) is 19.4. The quantitative estimate of drug-likeness (QED) is 0.441. The minimum atomic E-state index is -0.440. The van der Waals surface area contributed by atoms with E-state index in [0.717, 1.165) is 22.6 Å². The van der Waals surface area contributed by atoms with Crippen LogP contribution in [-0.4, -0.2) is 28.0 Å². The van der Waals surface area contributed by atoms with Crippen molar-refractivity contribution in [3.8, 4) is 22.7 Å². The number of carbonyl (C=O) groups excluding carboxylic acids is 1. The van der Waals surface area contributed by atoms with Gasteiger partial charge in [0.05, 0.1) is 24.1 Å². The van der Waals surface area contributed by atoms with Crippen LogP contribution in [0.25, 0.3) is 16.9 Å². The smallest absolute Gasteiger partial charge is 0.338 e. The van der Waals surface area contributed by atoms with Crippen molar-refractivity contribution >= 4 is 5.97 Å². The van der Waals surface area contributed by atoms with Crippen LogP contribution < -0.4 is 4.74 Å². The second kappa shape index (κ2) is 8.24. The summed E-state index contributed by atoms with van der Waals surface area (Å²) in [6.45, 7) is 3.91. The fraction of sp³-hybridized carbons (Fsp3) is 0.174. The van der Waals surface area contributed by atoms with Gasteiger partial charge in [0.1, 0.15) is 11.4 Å². The summed E-state index contributed by atoms with van der Waals surface area (Å²) in [7, 11) is 1.60. The summed E-state index contributed by atoms with van der Waals surface area (Å²) in [5.74, 6) is 0.700. The highest BCUT2D eigenvalue weighted by atomic mass is 16.5. The zero-order valence-corrected chi connectivity index (χ0v) is 17.0. The number of esters is 1. The molecular formula is C23H21N3O4. The fourth-order valence-electron chi connectivity index (χ4n) is 3.21. The maximum atomic E-state index is 12.4. The SMILES string of the molecule is COc1ccccc1-c1cc(COC(=O)c2ccc(-n3nc(C)cc3C)cc2)on1. The highest BCUT2D eigenvalue weighted by Gasteiger charge is 2.14. The molecule has 2 heterocycles. The van der Waals surface area contributed by atoms with Gasteiger partial charge in [-0.1, -0.05) is 17.3 Å². The summed E-state index contributed by atoms with van der Waals surface area (Å²) < 4.78 is 17.8. The summed E-state index contributed by atoms with van der Waals surface area (Å²) in [6.07, 6.45) is 0. The van der Waals surface area contributed by atoms with Gasteiger partial charge in [0, 0.05) is 17.3 Å². The van der Waals surface area contributed by atoms with Crippen LogP contribution in [0.1, 0.15) is 27.5 Å². The van der Waals surface area contributed by atoms with Gasteiger partial charge in [0.2, 0.25) is 0 Å². The molecule has 4 aromatic rings. The molecule has 7 nitrogen and oxygen atoms in total. The molecule has 4 rings (SSSR count). The van der Waals surface area contributed by atoms with E-state index in [4.69, 9.17) is 14.0 Å². The molecule has 2 aromatic heterocycles. The largest absolute Gasteiger partial charge is 0.496 e. The zero-order valence-electron chi connectivity index (χ0n) is 17.0. The number of carbonyl (C=O) groups is 1. The average molecular weight is 403 g/mol. The molecule has 0 N–H and O–H groups in total. The number of ether oxygens (including phenoxy) is 2. The molecule has 0 radical (unpaired) electrons. The molecule has 0 fully saturated rings. The Bertz CT molecular complexity index is 1180. The number of methoxy groups -OCH3 is 1. The molecule has 152 valence electrons. The van der Waals surface area contributed by atoms with E-state index >= 15 is 0 Å². The van der Waals surface area contributed by atoms with Crippen molar-refractivity contribution < 1.29 is 18.8 Å². The molecule has 0 spiro atoms. The van der Waals surface area contributed by atoms with Crippen molar-refractivity contribution in [2.75, 3.05) is 7.11 Å². The lowest BCUT2D eigenvalue weighted by molar-refractivity contribution is 0.0437. The number of para-hydroxylation sites is 1. The molecule has 0 unspecified atom stereocenters. The Labute approximate surface area is 173 Å². The number of nitrogens with zero attached hydrogens (tertiary/aromatic N) is 3. The summed E-state index contributed by atoms with van der Waals surface area (Å²) in [5.41, 5.74) is 4.72. The second-order valence-electron chi connectivity index (χ2n) is 6.84. The van der Waals surface area contributed by atoms with Crippen molar-refractivity contribution in [2.24, 2.45) is 0 Å². The summed E-state index contributed by atoms with van der Waals surface area (Å²) in [6, 6.07) is 18.3. The zero-order chi connectivity index (χ0) is 21.1. The van der Waals surface area contributed by atoms with E-state index < -0.39 is 5.97 Å². The Hall–Kier alpha value is -3.87. The van der Waals surface area contributed by atoms with Crippen LogP contribution in [0.5, 0.6) is 5.75 Å². The lowest BCUT2D eigenvalue weighted by atomic mass is 10.1. The van der Waals surface area contributed by atoms with E-state index in [9.17, 15) is 4.79 Å². The standard InChI is InChI=1S/C23H21N3O4/c1-15-12-16(2)26(24-15)18-10-8-17(9-11-18)23(27)29-14-19-13-21(25-30-19)20-6-4-5-7-22(20)28-3/h4-13H,14H2,1-3H3. The maximum absolute atomic E-state index is 12.4. The number of aromatic nitrogens is 3. The van der Waals surface area contributed by atoms with Crippen molar-refractivity contribution in [3.63, 3.8) is 0 Å². The monoisotopic (exact) mass is 403 g/mol. The van der Waals surface area contributed by atoms with Gasteiger partial charge in [0.25, 0.3) is 0 Å². The molecule has 7 heteroatoms. The molecule has 30 heavy (non-hydrogen) atoms. The van der Waals surface area contributed by atoms with Gasteiger partial charge in [-0.3, -0.25) is 0 Å². The summed E-state index contributed by atoms with van der Waals surface area (Å²) in [5, 5.41) is 8.49. The van der Waals surface area contributed by atoms with Crippen LogP contribution in [0.15, 0.2) is 65.2 Å². The van der Waals surface area contributed by atoms with E-state index in [2.05, 4.69) is 10.3 Å². The molecule has 0 aliphatic heterocycles. The van der Waals surface area contributed by atoms with Crippen LogP contribution in [0, 0.1) is 13.8 Å². The molecule has 0 aliphatic rings. The highest BCUT2D eigenvalue weighted by molar-refractivity contribution is 5.89. The molecule has 0 saturated heterocycles. The first-order chi connectivity index (χ1) is 14.5. The molecule has 0 bridgehead atoms. The van der Waals surface area contributed by atoms with Crippen molar-refractivity contribution in [3.05, 3.63) is 83.4 Å². The van der Waals surface area contributed by atoms with Gasteiger partial charge in [-0.25, -0.2) is 9.48 Å². The highest BCUT2D eigenvalue weighted by Crippen LogP contribution is 2.29. The van der Waals surface area contributed by atoms with E-state index in [1.54, 1.807) is 25.3 Å². The number of aryl methyl sites for hydroxylation is 2. The van der Waals surface area contributed by atoms with Crippen LogP contribution >= 0.6 is 0 Å². The summed E-state index contributed by atoms with van der Waals surface area (Å²) >= 11 is 0. The van der Waals surface area contributed by atoms with Gasteiger partial charge in [0.15, 0.2) is 12.4 Å². The maximum Gasteiger partial charge on any atom is 0.338 e.